The van der Waals surface area contributed by atoms with Crippen LogP contribution in [0.4, 0.5) is 11.4 Å². The predicted octanol–water partition coefficient (Wildman–Crippen LogP) is 2.06. The van der Waals surface area contributed by atoms with E-state index < -0.39 is 10.0 Å². The Morgan fingerprint density at radius 1 is 0.929 bits per heavy atom. The van der Waals surface area contributed by atoms with Gasteiger partial charge in [0.1, 0.15) is 0 Å². The highest BCUT2D eigenvalue weighted by atomic mass is 32.2. The normalized spacial score (nSPS) is 15.9. The van der Waals surface area contributed by atoms with Crippen LogP contribution in [0.25, 0.3) is 0 Å². The molecule has 0 unspecified atom stereocenters. The molecule has 1 fully saturated rings. The van der Waals surface area contributed by atoms with Crippen molar-refractivity contribution in [3.05, 3.63) is 59.7 Å². The molecule has 0 spiro atoms. The molecular weight excluding hydrogens is 376 g/mol. The third-order valence-corrected chi connectivity index (χ3v) is 5.27. The van der Waals surface area contributed by atoms with Crippen LogP contribution in [0.2, 0.25) is 0 Å². The van der Waals surface area contributed by atoms with Gasteiger partial charge in [0.2, 0.25) is 10.0 Å². The summed E-state index contributed by atoms with van der Waals surface area (Å²) in [6, 6.07) is 14.2. The largest absolute Gasteiger partial charge is 0.322 e. The predicted molar refractivity (Wildman–Crippen MR) is 112 cm³/mol. The number of rotatable bonds is 6. The molecule has 0 radical (unpaired) electrons. The summed E-state index contributed by atoms with van der Waals surface area (Å²) in [5.41, 5.74) is 2.83. The summed E-state index contributed by atoms with van der Waals surface area (Å²) in [6.07, 6.45) is 1.08. The number of benzene rings is 2. The molecule has 0 bridgehead atoms. The molecule has 0 saturated carbocycles. The lowest BCUT2D eigenvalue weighted by Crippen LogP contribution is -2.43. The van der Waals surface area contributed by atoms with Gasteiger partial charge in [0.15, 0.2) is 0 Å². The van der Waals surface area contributed by atoms with Crippen molar-refractivity contribution in [3.63, 3.8) is 0 Å². The molecule has 1 heterocycles. The molecule has 150 valence electrons. The number of likely N-dealkylation sites (N-methyl/N-ethyl adjacent to an activating group) is 1. The van der Waals surface area contributed by atoms with E-state index in [1.807, 2.05) is 24.3 Å². The third-order valence-electron chi connectivity index (χ3n) is 4.66. The summed E-state index contributed by atoms with van der Waals surface area (Å²) >= 11 is 0. The molecule has 0 aliphatic carbocycles. The first-order chi connectivity index (χ1) is 13.3. The number of amides is 1. The van der Waals surface area contributed by atoms with Crippen molar-refractivity contribution >= 4 is 27.3 Å². The molecule has 2 aromatic carbocycles. The minimum Gasteiger partial charge on any atom is -0.322 e. The van der Waals surface area contributed by atoms with Gasteiger partial charge in [-0.1, -0.05) is 12.1 Å². The lowest BCUT2D eigenvalue weighted by molar-refractivity contribution is 0.102. The minimum atomic E-state index is -3.33. The van der Waals surface area contributed by atoms with Crippen molar-refractivity contribution < 1.29 is 13.2 Å². The molecule has 7 nitrogen and oxygen atoms in total. The number of nitrogens with one attached hydrogen (secondary N) is 2. The molecular formula is C20H26N4O3S. The number of piperazine rings is 1. The highest BCUT2D eigenvalue weighted by molar-refractivity contribution is 7.92. The number of sulfonamides is 1. The van der Waals surface area contributed by atoms with Crippen LogP contribution in [-0.4, -0.2) is 63.6 Å². The molecule has 1 saturated heterocycles. The Labute approximate surface area is 166 Å². The highest BCUT2D eigenvalue weighted by Gasteiger charge is 2.14. The van der Waals surface area contributed by atoms with Gasteiger partial charge in [-0.05, 0) is 49.0 Å². The van der Waals surface area contributed by atoms with Gasteiger partial charge < -0.3 is 10.2 Å². The summed E-state index contributed by atoms with van der Waals surface area (Å²) in [6.45, 7) is 5.23. The maximum Gasteiger partial charge on any atom is 0.255 e. The molecule has 0 aromatic heterocycles. The zero-order valence-corrected chi connectivity index (χ0v) is 17.0. The summed E-state index contributed by atoms with van der Waals surface area (Å²) < 4.78 is 24.8. The first-order valence-electron chi connectivity index (χ1n) is 9.17. The highest BCUT2D eigenvalue weighted by Crippen LogP contribution is 2.15. The van der Waals surface area contributed by atoms with Crippen LogP contribution < -0.4 is 10.0 Å². The van der Waals surface area contributed by atoms with E-state index in [-0.39, 0.29) is 5.91 Å². The van der Waals surface area contributed by atoms with Gasteiger partial charge in [-0.25, -0.2) is 8.42 Å². The molecule has 28 heavy (non-hydrogen) atoms. The molecule has 3 rings (SSSR count). The number of carbonyl (C=O) groups is 1. The second-order valence-corrected chi connectivity index (χ2v) is 8.93. The topological polar surface area (TPSA) is 81.8 Å². The molecule has 2 N–H and O–H groups in total. The van der Waals surface area contributed by atoms with E-state index in [9.17, 15) is 13.2 Å². The Hall–Kier alpha value is -2.42. The maximum absolute atomic E-state index is 12.4. The fraction of sp³-hybridized carbons (Fsp3) is 0.350. The molecule has 8 heteroatoms. The van der Waals surface area contributed by atoms with Crippen molar-refractivity contribution in [2.45, 2.75) is 6.54 Å². The van der Waals surface area contributed by atoms with Crippen molar-refractivity contribution in [1.82, 2.24) is 9.80 Å². The first kappa shape index (κ1) is 20.3. The van der Waals surface area contributed by atoms with Gasteiger partial charge >= 0.3 is 0 Å². The fourth-order valence-corrected chi connectivity index (χ4v) is 3.63. The van der Waals surface area contributed by atoms with E-state index in [1.54, 1.807) is 24.3 Å². The quantitative estimate of drug-likeness (QED) is 0.773. The smallest absolute Gasteiger partial charge is 0.255 e. The Balaban J connectivity index is 1.55. The van der Waals surface area contributed by atoms with Crippen LogP contribution >= 0.6 is 0 Å². The Morgan fingerprint density at radius 2 is 1.50 bits per heavy atom. The van der Waals surface area contributed by atoms with E-state index in [0.717, 1.165) is 44.7 Å². The van der Waals surface area contributed by atoms with Crippen LogP contribution in [0, 0.1) is 0 Å². The van der Waals surface area contributed by atoms with Gasteiger partial charge in [0, 0.05) is 49.7 Å². The molecule has 0 atom stereocenters. The van der Waals surface area contributed by atoms with Crippen molar-refractivity contribution in [3.8, 4) is 0 Å². The zero-order valence-electron chi connectivity index (χ0n) is 16.2. The van der Waals surface area contributed by atoms with Crippen LogP contribution in [0.1, 0.15) is 15.9 Å². The SMILES string of the molecule is CN1CCN(Cc2ccc(NC(=O)c3ccc(NS(C)(=O)=O)cc3)cc2)CC1. The second-order valence-electron chi connectivity index (χ2n) is 7.18. The average molecular weight is 403 g/mol. The molecule has 1 amide bonds. The van der Waals surface area contributed by atoms with Crippen molar-refractivity contribution in [1.29, 1.82) is 0 Å². The number of anilines is 2. The monoisotopic (exact) mass is 402 g/mol. The molecule has 1 aliphatic rings. The average Bonchev–Trinajstić information content (AvgIpc) is 2.64. The second kappa shape index (κ2) is 8.72. The van der Waals surface area contributed by atoms with Crippen LogP contribution in [0.3, 0.4) is 0 Å². The number of carbonyl (C=O) groups excluding carboxylic acids is 1. The van der Waals surface area contributed by atoms with Gasteiger partial charge in [0.25, 0.3) is 5.91 Å². The summed E-state index contributed by atoms with van der Waals surface area (Å²) in [5.74, 6) is -0.238. The maximum atomic E-state index is 12.4. The summed E-state index contributed by atoms with van der Waals surface area (Å²) in [7, 11) is -1.19. The fourth-order valence-electron chi connectivity index (χ4n) is 3.06. The lowest BCUT2D eigenvalue weighted by Gasteiger charge is -2.32. The van der Waals surface area contributed by atoms with E-state index >= 15 is 0 Å². The van der Waals surface area contributed by atoms with Gasteiger partial charge in [-0.15, -0.1) is 0 Å². The van der Waals surface area contributed by atoms with E-state index in [1.165, 1.54) is 5.56 Å². The van der Waals surface area contributed by atoms with Crippen molar-refractivity contribution in [2.24, 2.45) is 0 Å². The third kappa shape index (κ3) is 6.05. The Kier molecular flexibility index (Phi) is 6.33. The molecule has 2 aromatic rings. The lowest BCUT2D eigenvalue weighted by atomic mass is 10.1. The van der Waals surface area contributed by atoms with Crippen LogP contribution in [-0.2, 0) is 16.6 Å². The number of hydrogen-bond donors (Lipinski definition) is 2. The van der Waals surface area contributed by atoms with Crippen LogP contribution in [0.5, 0.6) is 0 Å². The van der Waals surface area contributed by atoms with Gasteiger partial charge in [-0.2, -0.15) is 0 Å². The van der Waals surface area contributed by atoms with Crippen LogP contribution in [0.15, 0.2) is 48.5 Å². The summed E-state index contributed by atoms with van der Waals surface area (Å²) in [5, 5.41) is 2.86. The number of nitrogens with zero attached hydrogens (tertiary/aromatic N) is 2. The Bertz CT molecular complexity index is 903. The van der Waals surface area contributed by atoms with Crippen molar-refractivity contribution in [2.75, 3.05) is 49.5 Å². The van der Waals surface area contributed by atoms with Gasteiger partial charge in [-0.3, -0.25) is 14.4 Å². The number of hydrogen-bond acceptors (Lipinski definition) is 5. The van der Waals surface area contributed by atoms with E-state index in [0.29, 0.717) is 11.3 Å². The minimum absolute atomic E-state index is 0.238. The zero-order chi connectivity index (χ0) is 20.1. The first-order valence-corrected chi connectivity index (χ1v) is 11.1. The van der Waals surface area contributed by atoms with E-state index in [2.05, 4.69) is 26.9 Å². The standard InChI is InChI=1S/C20H26N4O3S/c1-23-11-13-24(14-12-23)15-16-3-7-18(8-4-16)21-20(25)17-5-9-19(10-6-17)22-28(2,26)27/h3-10,22H,11-15H2,1-2H3,(H,21,25). The van der Waals surface area contributed by atoms with Gasteiger partial charge in [0.05, 0.1) is 6.26 Å². The Morgan fingerprint density at radius 3 is 2.07 bits per heavy atom. The van der Waals surface area contributed by atoms with E-state index in [4.69, 9.17) is 0 Å². The molecule has 1 aliphatic heterocycles. The summed E-state index contributed by atoms with van der Waals surface area (Å²) in [4.78, 5) is 17.1.